The molecule has 19 heavy (non-hydrogen) atoms. The summed E-state index contributed by atoms with van der Waals surface area (Å²) in [6.45, 7) is 2.13. The molecule has 2 rings (SSSR count). The third-order valence-corrected chi connectivity index (χ3v) is 3.41. The van der Waals surface area contributed by atoms with Crippen LogP contribution in [0, 0.1) is 5.82 Å². The molecule has 0 bridgehead atoms. The molecule has 6 heteroatoms. The molecule has 1 saturated heterocycles. The van der Waals surface area contributed by atoms with E-state index in [-0.39, 0.29) is 23.1 Å². The summed E-state index contributed by atoms with van der Waals surface area (Å²) in [5, 5.41) is 2.88. The van der Waals surface area contributed by atoms with Crippen molar-refractivity contribution in [3.8, 4) is 0 Å². The van der Waals surface area contributed by atoms with E-state index in [1.807, 2.05) is 0 Å². The predicted molar refractivity (Wildman–Crippen MR) is 70.3 cm³/mol. The maximum Gasteiger partial charge on any atom is 0.236 e. The summed E-state index contributed by atoms with van der Waals surface area (Å²) in [6.07, 6.45) is 0.308. The Hall–Kier alpha value is -1.17. The van der Waals surface area contributed by atoms with Crippen molar-refractivity contribution < 1.29 is 13.9 Å². The van der Waals surface area contributed by atoms with Crippen LogP contribution < -0.4 is 11.1 Å². The number of rotatable bonds is 3. The summed E-state index contributed by atoms with van der Waals surface area (Å²) in [6, 6.07) is 3.75. The molecule has 3 unspecified atom stereocenters. The van der Waals surface area contributed by atoms with Crippen LogP contribution in [0.25, 0.3) is 0 Å². The smallest absolute Gasteiger partial charge is 0.236 e. The van der Waals surface area contributed by atoms with Gasteiger partial charge in [-0.15, -0.1) is 0 Å². The van der Waals surface area contributed by atoms with Crippen molar-refractivity contribution in [3.05, 3.63) is 34.6 Å². The van der Waals surface area contributed by atoms with E-state index in [1.165, 1.54) is 12.1 Å². The largest absolute Gasteiger partial charge is 0.371 e. The van der Waals surface area contributed by atoms with Gasteiger partial charge in [-0.3, -0.25) is 4.79 Å². The van der Waals surface area contributed by atoms with Crippen LogP contribution in [0.1, 0.15) is 25.0 Å². The molecular weight excluding hydrogens is 271 g/mol. The van der Waals surface area contributed by atoms with E-state index in [4.69, 9.17) is 22.1 Å². The quantitative estimate of drug-likeness (QED) is 0.890. The van der Waals surface area contributed by atoms with E-state index in [0.717, 1.165) is 0 Å². The van der Waals surface area contributed by atoms with Crippen LogP contribution in [-0.4, -0.2) is 24.6 Å². The summed E-state index contributed by atoms with van der Waals surface area (Å²) in [4.78, 5) is 11.6. The highest BCUT2D eigenvalue weighted by Gasteiger charge is 2.31. The lowest BCUT2D eigenvalue weighted by Gasteiger charge is -2.21. The summed E-state index contributed by atoms with van der Waals surface area (Å²) >= 11 is 5.65. The third kappa shape index (κ3) is 3.23. The van der Waals surface area contributed by atoms with E-state index in [9.17, 15) is 9.18 Å². The summed E-state index contributed by atoms with van der Waals surface area (Å²) in [5.74, 6) is -0.734. The number of carbonyl (C=O) groups excluding carboxylic acids is 1. The molecule has 1 aromatic rings. The number of amides is 1. The van der Waals surface area contributed by atoms with Crippen molar-refractivity contribution in [2.75, 3.05) is 6.61 Å². The van der Waals surface area contributed by atoms with Crippen LogP contribution in [0.5, 0.6) is 0 Å². The fraction of sp³-hybridized carbons (Fsp3) is 0.462. The molecule has 1 amide bonds. The van der Waals surface area contributed by atoms with Gasteiger partial charge in [0.2, 0.25) is 5.91 Å². The van der Waals surface area contributed by atoms with Gasteiger partial charge in [-0.1, -0.05) is 17.7 Å². The van der Waals surface area contributed by atoms with Crippen LogP contribution in [0.4, 0.5) is 4.39 Å². The van der Waals surface area contributed by atoms with Gasteiger partial charge >= 0.3 is 0 Å². The van der Waals surface area contributed by atoms with E-state index in [1.54, 1.807) is 13.0 Å². The van der Waals surface area contributed by atoms with Crippen molar-refractivity contribution in [2.24, 2.45) is 5.73 Å². The second-order valence-electron chi connectivity index (χ2n) is 4.66. The molecule has 4 nitrogen and oxygen atoms in total. The molecule has 1 aromatic carbocycles. The predicted octanol–water partition coefficient (Wildman–Crippen LogP) is 1.77. The van der Waals surface area contributed by atoms with Crippen molar-refractivity contribution in [1.29, 1.82) is 0 Å². The minimum Gasteiger partial charge on any atom is -0.371 e. The van der Waals surface area contributed by atoms with Gasteiger partial charge in [0, 0.05) is 6.61 Å². The fourth-order valence-electron chi connectivity index (χ4n) is 2.07. The molecule has 1 aliphatic heterocycles. The zero-order chi connectivity index (χ0) is 14.0. The normalized spacial score (nSPS) is 24.2. The highest BCUT2D eigenvalue weighted by Crippen LogP contribution is 2.31. The van der Waals surface area contributed by atoms with Crippen LogP contribution >= 0.6 is 11.6 Å². The molecular formula is C13H16ClFN2O2. The highest BCUT2D eigenvalue weighted by atomic mass is 35.5. The Balaban J connectivity index is 2.14. The first-order valence-corrected chi connectivity index (χ1v) is 6.49. The van der Waals surface area contributed by atoms with Crippen molar-refractivity contribution in [3.63, 3.8) is 0 Å². The molecule has 1 aliphatic rings. The molecule has 104 valence electrons. The summed E-state index contributed by atoms with van der Waals surface area (Å²) in [5.41, 5.74) is 6.17. The van der Waals surface area contributed by atoms with Crippen LogP contribution in [0.3, 0.4) is 0 Å². The average molecular weight is 287 g/mol. The second kappa shape index (κ2) is 5.86. The standard InChI is InChI=1S/C13H16ClFN2O2/c1-7(16)13(18)17-11-4-5-19-12(11)8-2-3-9(14)10(15)6-8/h2-3,6-7,11-12H,4-5,16H2,1H3,(H,17,18). The SMILES string of the molecule is CC(N)C(=O)NC1CCOC1c1ccc(Cl)c(F)c1. The number of ether oxygens (including phenoxy) is 1. The van der Waals surface area contributed by atoms with Crippen LogP contribution in [-0.2, 0) is 9.53 Å². The Morgan fingerprint density at radius 2 is 2.37 bits per heavy atom. The molecule has 0 radical (unpaired) electrons. The molecule has 3 atom stereocenters. The Morgan fingerprint density at radius 3 is 3.00 bits per heavy atom. The molecule has 1 heterocycles. The van der Waals surface area contributed by atoms with Gasteiger partial charge in [0.1, 0.15) is 11.9 Å². The number of hydrogen-bond acceptors (Lipinski definition) is 3. The molecule has 0 spiro atoms. The number of hydrogen-bond donors (Lipinski definition) is 2. The molecule has 0 saturated carbocycles. The van der Waals surface area contributed by atoms with Gasteiger partial charge in [-0.05, 0) is 31.0 Å². The van der Waals surface area contributed by atoms with Gasteiger partial charge in [-0.25, -0.2) is 4.39 Å². The lowest BCUT2D eigenvalue weighted by Crippen LogP contribution is -2.44. The number of halogens is 2. The van der Waals surface area contributed by atoms with E-state index in [0.29, 0.717) is 18.6 Å². The number of carbonyl (C=O) groups is 1. The maximum absolute atomic E-state index is 13.5. The summed E-state index contributed by atoms with van der Waals surface area (Å²) in [7, 11) is 0. The third-order valence-electron chi connectivity index (χ3n) is 3.11. The maximum atomic E-state index is 13.5. The lowest BCUT2D eigenvalue weighted by molar-refractivity contribution is -0.123. The van der Waals surface area contributed by atoms with E-state index < -0.39 is 11.9 Å². The zero-order valence-electron chi connectivity index (χ0n) is 10.5. The van der Waals surface area contributed by atoms with E-state index in [2.05, 4.69) is 5.32 Å². The first-order valence-electron chi connectivity index (χ1n) is 6.11. The zero-order valence-corrected chi connectivity index (χ0v) is 11.3. The van der Waals surface area contributed by atoms with Gasteiger partial charge in [0.05, 0.1) is 17.1 Å². The topological polar surface area (TPSA) is 64.4 Å². The molecule has 3 N–H and O–H groups in total. The first kappa shape index (κ1) is 14.2. The minimum absolute atomic E-state index is 0.0675. The lowest BCUT2D eigenvalue weighted by atomic mass is 10.0. The second-order valence-corrected chi connectivity index (χ2v) is 5.06. The average Bonchev–Trinajstić information content (AvgIpc) is 2.80. The highest BCUT2D eigenvalue weighted by molar-refractivity contribution is 6.30. The molecule has 1 fully saturated rings. The Kier molecular flexibility index (Phi) is 4.39. The van der Waals surface area contributed by atoms with Crippen LogP contribution in [0.2, 0.25) is 5.02 Å². The Bertz CT molecular complexity index is 482. The Labute approximate surface area is 116 Å². The number of nitrogens with two attached hydrogens (primary N) is 1. The van der Waals surface area contributed by atoms with E-state index >= 15 is 0 Å². The van der Waals surface area contributed by atoms with Crippen molar-refractivity contribution >= 4 is 17.5 Å². The fourth-order valence-corrected chi connectivity index (χ4v) is 2.19. The molecule has 0 aliphatic carbocycles. The van der Waals surface area contributed by atoms with Gasteiger partial charge in [-0.2, -0.15) is 0 Å². The van der Waals surface area contributed by atoms with Gasteiger partial charge in [0.15, 0.2) is 0 Å². The monoisotopic (exact) mass is 286 g/mol. The van der Waals surface area contributed by atoms with Crippen molar-refractivity contribution in [1.82, 2.24) is 5.32 Å². The minimum atomic E-state index is -0.580. The molecule has 0 aromatic heterocycles. The van der Waals surface area contributed by atoms with Gasteiger partial charge in [0.25, 0.3) is 0 Å². The van der Waals surface area contributed by atoms with Crippen molar-refractivity contribution in [2.45, 2.75) is 31.5 Å². The Morgan fingerprint density at radius 1 is 1.63 bits per heavy atom. The summed E-state index contributed by atoms with van der Waals surface area (Å²) < 4.78 is 19.0. The number of nitrogens with one attached hydrogen (secondary N) is 1. The number of benzene rings is 1. The van der Waals surface area contributed by atoms with Crippen LogP contribution in [0.15, 0.2) is 18.2 Å². The first-order chi connectivity index (χ1) is 8.99. The van der Waals surface area contributed by atoms with Gasteiger partial charge < -0.3 is 15.8 Å².